The van der Waals surface area contributed by atoms with Crippen LogP contribution in [0, 0.1) is 11.7 Å². The summed E-state index contributed by atoms with van der Waals surface area (Å²) in [7, 11) is 2.15. The molecule has 4 rings (SSSR count). The minimum absolute atomic E-state index is 0.581. The molecule has 0 aliphatic carbocycles. The number of hydrogen-bond donors (Lipinski definition) is 0. The normalized spacial score (nSPS) is 16.1. The van der Waals surface area contributed by atoms with E-state index in [2.05, 4.69) is 43.0 Å². The predicted molar refractivity (Wildman–Crippen MR) is 120 cm³/mol. The van der Waals surface area contributed by atoms with Crippen molar-refractivity contribution in [1.82, 2.24) is 24.3 Å². The van der Waals surface area contributed by atoms with Crippen LogP contribution in [0.3, 0.4) is 0 Å². The number of aryl methyl sites for hydroxylation is 1. The molecule has 0 bridgehead atoms. The Balaban J connectivity index is 1.48. The van der Waals surface area contributed by atoms with E-state index in [4.69, 9.17) is 16.6 Å². The summed E-state index contributed by atoms with van der Waals surface area (Å²) < 4.78 is 11.0. The van der Waals surface area contributed by atoms with Crippen molar-refractivity contribution >= 4 is 34.4 Å². The Morgan fingerprint density at radius 2 is 1.86 bits per heavy atom. The van der Waals surface area contributed by atoms with Gasteiger partial charge in [0, 0.05) is 36.2 Å². The molecular weight excluding hydrogens is 452 g/mol. The molecule has 9 heteroatoms. The van der Waals surface area contributed by atoms with E-state index < -0.39 is 0 Å². The van der Waals surface area contributed by atoms with Gasteiger partial charge in [-0.1, -0.05) is 28.1 Å². The quantitative estimate of drug-likeness (QED) is 0.415. The topological polar surface area (TPSA) is 54.7 Å². The Morgan fingerprint density at radius 1 is 1.14 bits per heavy atom. The van der Waals surface area contributed by atoms with Gasteiger partial charge in [0.1, 0.15) is 11.5 Å². The van der Waals surface area contributed by atoms with Gasteiger partial charge < -0.3 is 9.32 Å². The molecule has 1 saturated heterocycles. The fraction of sp³-hybridized carbons (Fsp3) is 0.350. The molecule has 0 spiro atoms. The number of halogens is 1. The first-order chi connectivity index (χ1) is 14.0. The van der Waals surface area contributed by atoms with Gasteiger partial charge in [0.25, 0.3) is 0 Å². The van der Waals surface area contributed by atoms with E-state index >= 15 is 0 Å². The second-order valence-electron chi connectivity index (χ2n) is 7.16. The second-order valence-corrected chi connectivity index (χ2v) is 8.44. The zero-order valence-corrected chi connectivity index (χ0v) is 18.9. The molecule has 1 aliphatic rings. The number of likely N-dealkylation sites (N-methyl/N-ethyl adjacent to an activating group) is 1. The molecule has 1 fully saturated rings. The van der Waals surface area contributed by atoms with Crippen LogP contribution in [0.2, 0.25) is 0 Å². The number of nitrogens with zero attached hydrogens (tertiary/aromatic N) is 6. The number of rotatable bonds is 5. The van der Waals surface area contributed by atoms with Crippen LogP contribution >= 0.6 is 28.1 Å². The summed E-state index contributed by atoms with van der Waals surface area (Å²) in [6.45, 7) is 6.74. The second kappa shape index (κ2) is 8.74. The van der Waals surface area contributed by atoms with Gasteiger partial charge in [0.15, 0.2) is 5.82 Å². The van der Waals surface area contributed by atoms with Crippen LogP contribution in [0.25, 0.3) is 11.3 Å². The van der Waals surface area contributed by atoms with Gasteiger partial charge in [-0.25, -0.2) is 4.68 Å². The van der Waals surface area contributed by atoms with Crippen LogP contribution in [0.1, 0.15) is 11.6 Å². The lowest BCUT2D eigenvalue weighted by Crippen LogP contribution is -2.45. The zero-order chi connectivity index (χ0) is 20.4. The van der Waals surface area contributed by atoms with Crippen molar-refractivity contribution in [3.63, 3.8) is 0 Å². The number of furan rings is 1. The fourth-order valence-electron chi connectivity index (χ4n) is 3.22. The molecule has 1 aliphatic heterocycles. The van der Waals surface area contributed by atoms with Crippen molar-refractivity contribution in [2.75, 3.05) is 33.2 Å². The number of piperazine rings is 1. The van der Waals surface area contributed by atoms with E-state index in [1.54, 1.807) is 10.9 Å². The molecule has 1 aromatic carbocycles. The van der Waals surface area contributed by atoms with E-state index in [0.717, 1.165) is 47.8 Å². The van der Waals surface area contributed by atoms with Crippen LogP contribution in [-0.2, 0) is 6.67 Å². The van der Waals surface area contributed by atoms with Gasteiger partial charge in [-0.3, -0.25) is 4.90 Å². The zero-order valence-electron chi connectivity index (χ0n) is 16.5. The summed E-state index contributed by atoms with van der Waals surface area (Å²) in [6.07, 6.45) is 1.67. The van der Waals surface area contributed by atoms with E-state index in [0.29, 0.717) is 17.2 Å². The smallest absolute Gasteiger partial charge is 0.220 e. The van der Waals surface area contributed by atoms with Crippen molar-refractivity contribution in [3.8, 4) is 11.3 Å². The third-order valence-corrected chi connectivity index (χ3v) is 5.87. The summed E-state index contributed by atoms with van der Waals surface area (Å²) in [5.41, 5.74) is 1.01. The molecule has 0 unspecified atom stereocenters. The minimum atomic E-state index is 0.581. The van der Waals surface area contributed by atoms with E-state index in [1.165, 1.54) is 0 Å². The van der Waals surface area contributed by atoms with E-state index in [9.17, 15) is 0 Å². The van der Waals surface area contributed by atoms with Crippen LogP contribution < -0.4 is 0 Å². The lowest BCUT2D eigenvalue weighted by atomic mass is 10.2. The van der Waals surface area contributed by atoms with Gasteiger partial charge in [-0.15, -0.1) is 0 Å². The summed E-state index contributed by atoms with van der Waals surface area (Å²) in [6, 6.07) is 11.8. The molecule has 3 heterocycles. The number of hydrogen-bond acceptors (Lipinski definition) is 6. The molecule has 7 nitrogen and oxygen atoms in total. The molecule has 29 heavy (non-hydrogen) atoms. The van der Waals surface area contributed by atoms with E-state index in [-0.39, 0.29) is 0 Å². The molecule has 0 radical (unpaired) electrons. The summed E-state index contributed by atoms with van der Waals surface area (Å²) in [5, 5.41) is 9.07. The first kappa shape index (κ1) is 20.2. The van der Waals surface area contributed by atoms with Gasteiger partial charge in [-0.05, 0) is 50.5 Å². The Hall–Kier alpha value is -2.07. The molecule has 0 amide bonds. The van der Waals surface area contributed by atoms with Crippen LogP contribution in [0.15, 0.2) is 50.4 Å². The van der Waals surface area contributed by atoms with Crippen molar-refractivity contribution in [2.24, 2.45) is 5.10 Å². The summed E-state index contributed by atoms with van der Waals surface area (Å²) in [5.74, 6) is 2.21. The Morgan fingerprint density at radius 3 is 2.59 bits per heavy atom. The first-order valence-electron chi connectivity index (χ1n) is 9.47. The van der Waals surface area contributed by atoms with Crippen LogP contribution in [-0.4, -0.2) is 63.7 Å². The Kier molecular flexibility index (Phi) is 6.09. The van der Waals surface area contributed by atoms with Gasteiger partial charge in [0.2, 0.25) is 4.77 Å². The standard InChI is InChI=1S/C20H23BrN6OS/c1-15-23-26(14-25-11-9-24(2)10-12-25)20(29)27(15)22-13-18-7-8-19(28-18)16-3-5-17(21)6-4-16/h3-8,13H,9-12,14H2,1-2H3/b22-13+. The maximum Gasteiger partial charge on any atom is 0.220 e. The maximum absolute atomic E-state index is 5.90. The van der Waals surface area contributed by atoms with Crippen molar-refractivity contribution in [2.45, 2.75) is 13.6 Å². The molecule has 152 valence electrons. The molecule has 2 aromatic heterocycles. The summed E-state index contributed by atoms with van der Waals surface area (Å²) >= 11 is 9.04. The fourth-order valence-corrected chi connectivity index (χ4v) is 3.76. The average molecular weight is 475 g/mol. The molecule has 0 N–H and O–H groups in total. The SMILES string of the molecule is Cc1nn(CN2CCN(C)CC2)c(=S)n1/N=C/c1ccc(-c2ccc(Br)cc2)o1. The average Bonchev–Trinajstić information content (AvgIpc) is 3.28. The van der Waals surface area contributed by atoms with Gasteiger partial charge in [0.05, 0.1) is 12.9 Å². The highest BCUT2D eigenvalue weighted by atomic mass is 79.9. The molecule has 0 atom stereocenters. The third kappa shape index (κ3) is 4.75. The number of benzene rings is 1. The van der Waals surface area contributed by atoms with Crippen molar-refractivity contribution in [3.05, 3.63) is 57.2 Å². The lowest BCUT2D eigenvalue weighted by Gasteiger charge is -2.31. The van der Waals surface area contributed by atoms with Crippen LogP contribution in [0.4, 0.5) is 0 Å². The van der Waals surface area contributed by atoms with Gasteiger partial charge in [-0.2, -0.15) is 14.9 Å². The maximum atomic E-state index is 5.90. The monoisotopic (exact) mass is 474 g/mol. The molecular formula is C20H23BrN6OS. The van der Waals surface area contributed by atoms with Crippen LogP contribution in [0.5, 0.6) is 0 Å². The van der Waals surface area contributed by atoms with Gasteiger partial charge >= 0.3 is 0 Å². The third-order valence-electron chi connectivity index (χ3n) is 4.96. The Labute approximate surface area is 183 Å². The number of aromatic nitrogens is 3. The molecule has 0 saturated carbocycles. The first-order valence-corrected chi connectivity index (χ1v) is 10.7. The lowest BCUT2D eigenvalue weighted by molar-refractivity contribution is 0.118. The van der Waals surface area contributed by atoms with E-state index in [1.807, 2.05) is 48.0 Å². The predicted octanol–water partition coefficient (Wildman–Crippen LogP) is 3.83. The van der Waals surface area contributed by atoms with Crippen molar-refractivity contribution < 1.29 is 4.42 Å². The largest absolute Gasteiger partial charge is 0.455 e. The minimum Gasteiger partial charge on any atom is -0.455 e. The highest BCUT2D eigenvalue weighted by Crippen LogP contribution is 2.23. The highest BCUT2D eigenvalue weighted by molar-refractivity contribution is 9.10. The van der Waals surface area contributed by atoms with Crippen molar-refractivity contribution in [1.29, 1.82) is 0 Å². The highest BCUT2D eigenvalue weighted by Gasteiger charge is 2.16. The Bertz CT molecular complexity index is 1060. The summed E-state index contributed by atoms with van der Waals surface area (Å²) in [4.78, 5) is 4.68. The molecule has 3 aromatic rings.